The van der Waals surface area contributed by atoms with E-state index in [1.807, 2.05) is 0 Å². The fraction of sp³-hybridized carbons (Fsp3) is 0.500. The molecular weight excluding hydrogens is 294 g/mol. The van der Waals surface area contributed by atoms with E-state index in [0.29, 0.717) is 31.6 Å². The van der Waals surface area contributed by atoms with Crippen LogP contribution in [0.4, 0.5) is 0 Å². The van der Waals surface area contributed by atoms with Gasteiger partial charge in [-0.05, 0) is 31.9 Å². The minimum absolute atomic E-state index is 0.0758. The van der Waals surface area contributed by atoms with Crippen LogP contribution in [0.1, 0.15) is 30.1 Å². The van der Waals surface area contributed by atoms with Crippen LogP contribution in [0.5, 0.6) is 0 Å². The number of carbonyl (C=O) groups is 1. The number of hydrogen-bond donors (Lipinski definition) is 2. The van der Waals surface area contributed by atoms with Crippen LogP contribution in [0.3, 0.4) is 0 Å². The average Bonchev–Trinajstić information content (AvgIpc) is 2.48. The molecule has 6 nitrogen and oxygen atoms in total. The van der Waals surface area contributed by atoms with E-state index in [4.69, 9.17) is 4.74 Å². The first-order chi connectivity index (χ1) is 9.88. The molecule has 1 saturated heterocycles. The standard InChI is InChI=1S/C14H19NO5S/c1-11(17)12-2-4-13(5-3-12)21(18,19)15-14(10-16)6-8-20-9-7-14/h2-5,15-16H,6-10H2,1H3. The number of hydrogen-bond acceptors (Lipinski definition) is 5. The topological polar surface area (TPSA) is 92.7 Å². The molecule has 2 N–H and O–H groups in total. The van der Waals surface area contributed by atoms with Crippen LogP contribution in [0.25, 0.3) is 0 Å². The number of carbonyl (C=O) groups excluding carboxylic acids is 1. The number of ketones is 1. The fourth-order valence-electron chi connectivity index (χ4n) is 2.27. The van der Waals surface area contributed by atoms with Gasteiger partial charge in [0.15, 0.2) is 5.78 Å². The van der Waals surface area contributed by atoms with E-state index in [0.717, 1.165) is 0 Å². The van der Waals surface area contributed by atoms with Gasteiger partial charge in [-0.25, -0.2) is 13.1 Å². The van der Waals surface area contributed by atoms with Crippen molar-refractivity contribution in [2.75, 3.05) is 19.8 Å². The largest absolute Gasteiger partial charge is 0.394 e. The van der Waals surface area contributed by atoms with Crippen molar-refractivity contribution in [3.05, 3.63) is 29.8 Å². The maximum Gasteiger partial charge on any atom is 0.241 e. The second-order valence-corrected chi connectivity index (χ2v) is 6.92. The van der Waals surface area contributed by atoms with Crippen LogP contribution in [-0.4, -0.2) is 44.7 Å². The Morgan fingerprint density at radius 1 is 1.29 bits per heavy atom. The van der Waals surface area contributed by atoms with Crippen molar-refractivity contribution in [2.45, 2.75) is 30.2 Å². The van der Waals surface area contributed by atoms with E-state index in [1.165, 1.54) is 31.2 Å². The molecule has 21 heavy (non-hydrogen) atoms. The first kappa shape index (κ1) is 16.1. The van der Waals surface area contributed by atoms with Gasteiger partial charge in [0.25, 0.3) is 0 Å². The number of ether oxygens (including phenoxy) is 1. The molecule has 0 atom stereocenters. The van der Waals surface area contributed by atoms with Crippen LogP contribution in [-0.2, 0) is 14.8 Å². The monoisotopic (exact) mass is 313 g/mol. The molecule has 0 spiro atoms. The lowest BCUT2D eigenvalue weighted by Gasteiger charge is -2.35. The summed E-state index contributed by atoms with van der Waals surface area (Å²) >= 11 is 0. The van der Waals surface area contributed by atoms with Gasteiger partial charge in [-0.15, -0.1) is 0 Å². The number of Topliss-reactive ketones (excluding diaryl/α,β-unsaturated/α-hetero) is 1. The maximum atomic E-state index is 12.4. The molecule has 1 aromatic carbocycles. The second-order valence-electron chi connectivity index (χ2n) is 5.24. The van der Waals surface area contributed by atoms with Crippen LogP contribution in [0.2, 0.25) is 0 Å². The van der Waals surface area contributed by atoms with E-state index in [-0.39, 0.29) is 17.3 Å². The number of nitrogens with one attached hydrogen (secondary N) is 1. The van der Waals surface area contributed by atoms with Gasteiger partial charge in [-0.2, -0.15) is 0 Å². The highest BCUT2D eigenvalue weighted by Gasteiger charge is 2.36. The van der Waals surface area contributed by atoms with Crippen molar-refractivity contribution in [3.63, 3.8) is 0 Å². The summed E-state index contributed by atoms with van der Waals surface area (Å²) in [6.45, 7) is 1.96. The molecule has 1 aromatic rings. The molecule has 1 aliphatic rings. The maximum absolute atomic E-state index is 12.4. The molecular formula is C14H19NO5S. The normalized spacial score (nSPS) is 18.4. The summed E-state index contributed by atoms with van der Waals surface area (Å²) in [5.41, 5.74) is -0.423. The van der Waals surface area contributed by atoms with Crippen LogP contribution >= 0.6 is 0 Å². The third-order valence-electron chi connectivity index (χ3n) is 3.67. The molecule has 7 heteroatoms. The Labute approximate surface area is 124 Å². The van der Waals surface area contributed by atoms with Crippen LogP contribution in [0, 0.1) is 0 Å². The summed E-state index contributed by atoms with van der Waals surface area (Å²) in [6, 6.07) is 5.74. The SMILES string of the molecule is CC(=O)c1ccc(S(=O)(=O)NC2(CO)CCOCC2)cc1. The van der Waals surface area contributed by atoms with Gasteiger partial charge >= 0.3 is 0 Å². The highest BCUT2D eigenvalue weighted by molar-refractivity contribution is 7.89. The Kier molecular flexibility index (Phi) is 4.77. The van der Waals surface area contributed by atoms with E-state index >= 15 is 0 Å². The van der Waals surface area contributed by atoms with Gasteiger partial charge in [-0.3, -0.25) is 4.79 Å². The van der Waals surface area contributed by atoms with Crippen LogP contribution in [0.15, 0.2) is 29.2 Å². The molecule has 0 amide bonds. The number of sulfonamides is 1. The molecule has 0 saturated carbocycles. The third-order valence-corrected chi connectivity index (χ3v) is 5.27. The second kappa shape index (κ2) is 6.23. The van der Waals surface area contributed by atoms with Gasteiger partial charge in [-0.1, -0.05) is 12.1 Å². The van der Waals surface area contributed by atoms with Crippen molar-refractivity contribution < 1.29 is 23.1 Å². The summed E-state index contributed by atoms with van der Waals surface area (Å²) in [6.07, 6.45) is 0.850. The quantitative estimate of drug-likeness (QED) is 0.781. The third kappa shape index (κ3) is 3.68. The molecule has 2 rings (SSSR count). The van der Waals surface area contributed by atoms with E-state index in [1.54, 1.807) is 0 Å². The van der Waals surface area contributed by atoms with Gasteiger partial charge in [0, 0.05) is 18.8 Å². The Morgan fingerprint density at radius 3 is 2.33 bits per heavy atom. The predicted molar refractivity (Wildman–Crippen MR) is 76.6 cm³/mol. The van der Waals surface area contributed by atoms with Crippen molar-refractivity contribution in [3.8, 4) is 0 Å². The zero-order chi connectivity index (χ0) is 15.5. The summed E-state index contributed by atoms with van der Waals surface area (Å²) in [5.74, 6) is -0.122. The van der Waals surface area contributed by atoms with Gasteiger partial charge in [0.2, 0.25) is 10.0 Å². The van der Waals surface area contributed by atoms with Crippen molar-refractivity contribution in [1.29, 1.82) is 0 Å². The van der Waals surface area contributed by atoms with Crippen molar-refractivity contribution in [2.24, 2.45) is 0 Å². The lowest BCUT2D eigenvalue weighted by atomic mass is 9.93. The summed E-state index contributed by atoms with van der Waals surface area (Å²) < 4.78 is 32.6. The Balaban J connectivity index is 2.22. The summed E-state index contributed by atoms with van der Waals surface area (Å²) in [5, 5.41) is 9.54. The Bertz CT molecular complexity index is 603. The number of aliphatic hydroxyl groups excluding tert-OH is 1. The fourth-order valence-corrected chi connectivity index (χ4v) is 3.72. The summed E-state index contributed by atoms with van der Waals surface area (Å²) in [4.78, 5) is 11.3. The first-order valence-electron chi connectivity index (χ1n) is 6.72. The molecule has 0 bridgehead atoms. The molecule has 1 fully saturated rings. The zero-order valence-electron chi connectivity index (χ0n) is 11.8. The molecule has 0 aliphatic carbocycles. The lowest BCUT2D eigenvalue weighted by molar-refractivity contribution is 0.0223. The van der Waals surface area contributed by atoms with E-state index < -0.39 is 15.6 Å². The number of benzene rings is 1. The summed E-state index contributed by atoms with van der Waals surface area (Å²) in [7, 11) is -3.75. The minimum Gasteiger partial charge on any atom is -0.394 e. The number of rotatable bonds is 5. The zero-order valence-corrected chi connectivity index (χ0v) is 12.6. The first-order valence-corrected chi connectivity index (χ1v) is 8.20. The minimum atomic E-state index is -3.75. The van der Waals surface area contributed by atoms with Gasteiger partial charge < -0.3 is 9.84 Å². The lowest BCUT2D eigenvalue weighted by Crippen LogP contribution is -2.54. The molecule has 0 radical (unpaired) electrons. The average molecular weight is 313 g/mol. The Hall–Kier alpha value is -1.28. The molecule has 116 valence electrons. The highest BCUT2D eigenvalue weighted by atomic mass is 32.2. The molecule has 0 aromatic heterocycles. The van der Waals surface area contributed by atoms with Gasteiger partial charge in [0.1, 0.15) is 0 Å². The number of aliphatic hydroxyl groups is 1. The van der Waals surface area contributed by atoms with Crippen molar-refractivity contribution >= 4 is 15.8 Å². The molecule has 1 aliphatic heterocycles. The predicted octanol–water partition coefficient (Wildman–Crippen LogP) is 0.709. The van der Waals surface area contributed by atoms with E-state index in [2.05, 4.69) is 4.72 Å². The van der Waals surface area contributed by atoms with Crippen molar-refractivity contribution in [1.82, 2.24) is 4.72 Å². The smallest absolute Gasteiger partial charge is 0.241 e. The van der Waals surface area contributed by atoms with Gasteiger partial charge in [0.05, 0.1) is 17.0 Å². The van der Waals surface area contributed by atoms with Crippen LogP contribution < -0.4 is 4.72 Å². The molecule has 0 unspecified atom stereocenters. The van der Waals surface area contributed by atoms with E-state index in [9.17, 15) is 18.3 Å². The Morgan fingerprint density at radius 2 is 1.86 bits per heavy atom. The molecule has 1 heterocycles. The highest BCUT2D eigenvalue weighted by Crippen LogP contribution is 2.23.